The van der Waals surface area contributed by atoms with E-state index in [9.17, 15) is 0 Å². The van der Waals surface area contributed by atoms with Crippen molar-refractivity contribution in [2.75, 3.05) is 0 Å². The molecule has 2 rings (SSSR count). The van der Waals surface area contributed by atoms with Crippen molar-refractivity contribution in [1.29, 1.82) is 0 Å². The highest BCUT2D eigenvalue weighted by molar-refractivity contribution is 7.80. The molecule has 2 aromatic rings. The van der Waals surface area contributed by atoms with E-state index in [0.29, 0.717) is 10.7 Å². The van der Waals surface area contributed by atoms with Gasteiger partial charge in [-0.2, -0.15) is 5.10 Å². The fourth-order valence-electron chi connectivity index (χ4n) is 1.58. The van der Waals surface area contributed by atoms with Crippen molar-refractivity contribution in [2.45, 2.75) is 0 Å². The summed E-state index contributed by atoms with van der Waals surface area (Å²) in [6, 6.07) is 11.3. The first-order valence-corrected chi connectivity index (χ1v) is 6.25. The molecule has 0 aliphatic carbocycles. The third kappa shape index (κ3) is 3.74. The first-order valence-electron chi connectivity index (χ1n) is 5.46. The second-order valence-electron chi connectivity index (χ2n) is 3.68. The Morgan fingerprint density at radius 1 is 1.37 bits per heavy atom. The minimum atomic E-state index is 0.108. The summed E-state index contributed by atoms with van der Waals surface area (Å²) in [6.45, 7) is 0. The molecule has 0 unspecified atom stereocenters. The molecule has 1 aromatic heterocycles. The van der Waals surface area contributed by atoms with Gasteiger partial charge in [0, 0.05) is 16.8 Å². The van der Waals surface area contributed by atoms with E-state index in [-0.39, 0.29) is 5.11 Å². The second kappa shape index (κ2) is 6.26. The summed E-state index contributed by atoms with van der Waals surface area (Å²) >= 11 is 10.7. The number of thiocarbonyl (C=S) groups is 1. The van der Waals surface area contributed by atoms with E-state index in [4.69, 9.17) is 17.3 Å². The zero-order chi connectivity index (χ0) is 13.7. The van der Waals surface area contributed by atoms with Gasteiger partial charge in [0.2, 0.25) is 0 Å². The third-order valence-electron chi connectivity index (χ3n) is 2.34. The van der Waals surface area contributed by atoms with Crippen LogP contribution in [-0.4, -0.2) is 16.3 Å². The van der Waals surface area contributed by atoms with Gasteiger partial charge in [-0.1, -0.05) is 29.8 Å². The molecule has 0 spiro atoms. The molecule has 1 heterocycles. The van der Waals surface area contributed by atoms with Gasteiger partial charge in [0.25, 0.3) is 0 Å². The highest BCUT2D eigenvalue weighted by Gasteiger charge is 2.04. The van der Waals surface area contributed by atoms with Crippen LogP contribution in [0.4, 0.5) is 0 Å². The van der Waals surface area contributed by atoms with Gasteiger partial charge >= 0.3 is 0 Å². The van der Waals surface area contributed by atoms with Crippen LogP contribution in [0.1, 0.15) is 5.69 Å². The summed E-state index contributed by atoms with van der Waals surface area (Å²) in [5.41, 5.74) is 10.4. The van der Waals surface area contributed by atoms with Crippen molar-refractivity contribution in [2.24, 2.45) is 10.8 Å². The maximum absolute atomic E-state index is 5.99. The minimum Gasteiger partial charge on any atom is -0.375 e. The number of hydrogen-bond donors (Lipinski definition) is 2. The second-order valence-corrected chi connectivity index (χ2v) is 4.56. The van der Waals surface area contributed by atoms with Crippen LogP contribution in [0.5, 0.6) is 0 Å². The average molecular weight is 291 g/mol. The van der Waals surface area contributed by atoms with Crippen LogP contribution in [0.3, 0.4) is 0 Å². The topological polar surface area (TPSA) is 63.3 Å². The lowest BCUT2D eigenvalue weighted by Gasteiger charge is -2.05. The fourth-order valence-corrected chi connectivity index (χ4v) is 1.82. The Labute approximate surface area is 121 Å². The van der Waals surface area contributed by atoms with E-state index < -0.39 is 0 Å². The van der Waals surface area contributed by atoms with Gasteiger partial charge in [0.05, 0.1) is 11.9 Å². The van der Waals surface area contributed by atoms with Crippen LogP contribution in [0.15, 0.2) is 47.7 Å². The minimum absolute atomic E-state index is 0.108. The first kappa shape index (κ1) is 13.5. The van der Waals surface area contributed by atoms with Gasteiger partial charge in [0.15, 0.2) is 5.11 Å². The quantitative estimate of drug-likeness (QED) is 0.518. The highest BCUT2D eigenvalue weighted by Crippen LogP contribution is 2.23. The monoisotopic (exact) mass is 290 g/mol. The number of nitrogens with two attached hydrogens (primary N) is 1. The van der Waals surface area contributed by atoms with Crippen molar-refractivity contribution in [3.8, 4) is 11.1 Å². The molecule has 0 aliphatic heterocycles. The normalized spacial score (nSPS) is 10.6. The number of nitrogens with zero attached hydrogens (tertiary/aromatic N) is 2. The molecule has 0 fully saturated rings. The molecule has 19 heavy (non-hydrogen) atoms. The summed E-state index contributed by atoms with van der Waals surface area (Å²) in [5, 5.41) is 4.69. The Bertz CT molecular complexity index is 628. The smallest absolute Gasteiger partial charge is 0.184 e. The Kier molecular flexibility index (Phi) is 4.43. The van der Waals surface area contributed by atoms with Crippen molar-refractivity contribution in [3.05, 3.63) is 53.3 Å². The maximum atomic E-state index is 5.99. The molecule has 0 bridgehead atoms. The Hall–Kier alpha value is -1.98. The Balaban J connectivity index is 2.36. The number of hydrogen-bond acceptors (Lipinski definition) is 3. The molecule has 0 amide bonds. The highest BCUT2D eigenvalue weighted by atomic mass is 35.5. The van der Waals surface area contributed by atoms with Gasteiger partial charge in [0.1, 0.15) is 0 Å². The van der Waals surface area contributed by atoms with Crippen LogP contribution in [0, 0.1) is 0 Å². The maximum Gasteiger partial charge on any atom is 0.184 e. The lowest BCUT2D eigenvalue weighted by Crippen LogP contribution is -2.24. The summed E-state index contributed by atoms with van der Waals surface area (Å²) in [4.78, 5) is 4.27. The molecule has 0 saturated heterocycles. The Morgan fingerprint density at radius 3 is 2.95 bits per heavy atom. The summed E-state index contributed by atoms with van der Waals surface area (Å²) in [7, 11) is 0. The summed E-state index contributed by atoms with van der Waals surface area (Å²) in [6.07, 6.45) is 3.26. The van der Waals surface area contributed by atoms with Crippen LogP contribution in [0.2, 0.25) is 5.02 Å². The number of aromatic nitrogens is 1. The standard InChI is InChI=1S/C13H11ClN4S/c14-10-4-1-3-9(7-10)11-5-2-6-16-12(11)8-17-18-13(15)19/h1-8H,(H3,15,18,19). The van der Waals surface area contributed by atoms with E-state index in [1.165, 1.54) is 0 Å². The lowest BCUT2D eigenvalue weighted by atomic mass is 10.0. The molecule has 0 atom stereocenters. The van der Waals surface area contributed by atoms with E-state index >= 15 is 0 Å². The molecular weight excluding hydrogens is 280 g/mol. The zero-order valence-corrected chi connectivity index (χ0v) is 11.4. The van der Waals surface area contributed by atoms with E-state index in [1.807, 2.05) is 36.4 Å². The number of pyridine rings is 1. The van der Waals surface area contributed by atoms with Gasteiger partial charge in [-0.15, -0.1) is 0 Å². The van der Waals surface area contributed by atoms with Gasteiger partial charge in [-0.05, 0) is 36.0 Å². The Morgan fingerprint density at radius 2 is 2.21 bits per heavy atom. The predicted octanol–water partition coefficient (Wildman–Crippen LogP) is 2.57. The summed E-state index contributed by atoms with van der Waals surface area (Å²) < 4.78 is 0. The van der Waals surface area contributed by atoms with Gasteiger partial charge in [-0.25, -0.2) is 0 Å². The number of hydrazone groups is 1. The largest absolute Gasteiger partial charge is 0.375 e. The van der Waals surface area contributed by atoms with Gasteiger partial charge in [-0.3, -0.25) is 10.4 Å². The number of halogens is 1. The van der Waals surface area contributed by atoms with Crippen LogP contribution in [-0.2, 0) is 0 Å². The molecular formula is C13H11ClN4S. The lowest BCUT2D eigenvalue weighted by molar-refractivity contribution is 1.04. The molecule has 0 aliphatic rings. The average Bonchev–Trinajstić information content (AvgIpc) is 2.39. The van der Waals surface area contributed by atoms with Crippen molar-refractivity contribution >= 4 is 35.1 Å². The van der Waals surface area contributed by atoms with Crippen molar-refractivity contribution in [1.82, 2.24) is 10.4 Å². The zero-order valence-electron chi connectivity index (χ0n) is 9.88. The molecule has 96 valence electrons. The molecule has 6 heteroatoms. The molecule has 3 N–H and O–H groups in total. The number of nitrogens with one attached hydrogen (secondary N) is 1. The van der Waals surface area contributed by atoms with E-state index in [2.05, 4.69) is 27.7 Å². The molecule has 0 saturated carbocycles. The predicted molar refractivity (Wildman–Crippen MR) is 82.2 cm³/mol. The van der Waals surface area contributed by atoms with Crippen molar-refractivity contribution in [3.63, 3.8) is 0 Å². The van der Waals surface area contributed by atoms with Crippen molar-refractivity contribution < 1.29 is 0 Å². The third-order valence-corrected chi connectivity index (χ3v) is 2.66. The molecule has 0 radical (unpaired) electrons. The van der Waals surface area contributed by atoms with Crippen LogP contribution in [0.25, 0.3) is 11.1 Å². The van der Waals surface area contributed by atoms with Gasteiger partial charge < -0.3 is 5.73 Å². The summed E-state index contributed by atoms with van der Waals surface area (Å²) in [5.74, 6) is 0. The molecule has 1 aromatic carbocycles. The SMILES string of the molecule is NC(=S)NN=Cc1ncccc1-c1cccc(Cl)c1. The van der Waals surface area contributed by atoms with Crippen LogP contribution >= 0.6 is 23.8 Å². The van der Waals surface area contributed by atoms with E-state index in [0.717, 1.165) is 11.1 Å². The first-order chi connectivity index (χ1) is 9.16. The molecule has 4 nitrogen and oxygen atoms in total. The van der Waals surface area contributed by atoms with Crippen LogP contribution < -0.4 is 11.2 Å². The fraction of sp³-hybridized carbons (Fsp3) is 0. The number of benzene rings is 1. The number of rotatable bonds is 3. The van der Waals surface area contributed by atoms with E-state index in [1.54, 1.807) is 12.4 Å².